The second kappa shape index (κ2) is 18.0. The van der Waals surface area contributed by atoms with Crippen LogP contribution in [-0.4, -0.2) is 43.3 Å². The second-order valence-electron chi connectivity index (χ2n) is 12.0. The van der Waals surface area contributed by atoms with Crippen molar-refractivity contribution in [2.24, 2.45) is 0 Å². The summed E-state index contributed by atoms with van der Waals surface area (Å²) in [5.41, 5.74) is 3.69. The predicted molar refractivity (Wildman–Crippen MR) is 210 cm³/mol. The minimum atomic E-state index is -1.31. The highest BCUT2D eigenvalue weighted by Gasteiger charge is 2.16. The third kappa shape index (κ3) is 10.00. The number of carboxylic acid groups (broad SMARTS) is 1. The Morgan fingerprint density at radius 1 is 0.685 bits per heavy atom. The fourth-order valence-electron chi connectivity index (χ4n) is 5.25. The van der Waals surface area contributed by atoms with E-state index in [0.717, 1.165) is 27.9 Å². The summed E-state index contributed by atoms with van der Waals surface area (Å²) in [4.78, 5) is 55.5. The number of carbonyl (C=O) groups excluding carboxylic acids is 1. The van der Waals surface area contributed by atoms with Gasteiger partial charge in [-0.1, -0.05) is 96.0 Å². The maximum absolute atomic E-state index is 12.4. The summed E-state index contributed by atoms with van der Waals surface area (Å²) in [6.07, 6.45) is 2.81. The molecule has 0 amide bonds. The summed E-state index contributed by atoms with van der Waals surface area (Å²) in [5.74, 6) is -1.19. The number of hydrogen-bond donors (Lipinski definition) is 3. The number of nitrogens with zero attached hydrogens (tertiary/aromatic N) is 4. The van der Waals surface area contributed by atoms with Gasteiger partial charge >= 0.3 is 11.9 Å². The van der Waals surface area contributed by atoms with Gasteiger partial charge in [0.25, 0.3) is 11.1 Å². The van der Waals surface area contributed by atoms with Crippen LogP contribution >= 0.6 is 23.2 Å². The second-order valence-corrected chi connectivity index (χ2v) is 12.9. The first-order valence-electron chi connectivity index (χ1n) is 16.6. The van der Waals surface area contributed by atoms with E-state index in [4.69, 9.17) is 23.2 Å². The van der Waals surface area contributed by atoms with E-state index in [-0.39, 0.29) is 23.5 Å². The molecule has 6 rings (SSSR count). The Morgan fingerprint density at radius 3 is 1.61 bits per heavy atom. The molecular formula is C40H36Cl2N6O6. The van der Waals surface area contributed by atoms with Gasteiger partial charge in [-0.3, -0.25) is 14.4 Å². The van der Waals surface area contributed by atoms with E-state index in [1.165, 1.54) is 13.3 Å². The highest BCUT2D eigenvalue weighted by atomic mass is 35.5. The number of benzene rings is 4. The molecule has 2 heterocycles. The van der Waals surface area contributed by atoms with Crippen molar-refractivity contribution >= 4 is 58.4 Å². The Hall–Kier alpha value is -6.24. The third-order valence-electron chi connectivity index (χ3n) is 8.27. The Kier molecular flexibility index (Phi) is 13.0. The number of rotatable bonds is 11. The van der Waals surface area contributed by atoms with Crippen LogP contribution in [0.25, 0.3) is 0 Å². The number of ether oxygens (including phenoxy) is 1. The van der Waals surface area contributed by atoms with Crippen molar-refractivity contribution in [2.75, 3.05) is 17.7 Å². The van der Waals surface area contributed by atoms with Crippen LogP contribution in [0.3, 0.4) is 0 Å². The fourth-order valence-corrected chi connectivity index (χ4v) is 5.60. The van der Waals surface area contributed by atoms with Crippen LogP contribution in [0.1, 0.15) is 38.2 Å². The molecule has 14 heteroatoms. The number of aromatic nitrogens is 4. The lowest BCUT2D eigenvalue weighted by atomic mass is 10.2. The molecule has 6 aromatic rings. The SMILES string of the molecule is COC(=O)Cc1cn(Cc2ccccc2)c(Nc2cccc(Cl)c2C)nc1=O.Cc1c(Cl)cccc1Nc1nc(=O)c(C(=O)O)cn1Cc1ccccc1. The Labute approximate surface area is 320 Å². The monoisotopic (exact) mass is 766 g/mol. The maximum atomic E-state index is 12.4. The summed E-state index contributed by atoms with van der Waals surface area (Å²) in [6.45, 7) is 4.56. The minimum Gasteiger partial charge on any atom is -0.477 e. The van der Waals surface area contributed by atoms with Gasteiger partial charge in [0, 0.05) is 39.4 Å². The van der Waals surface area contributed by atoms with Gasteiger partial charge in [-0.05, 0) is 60.4 Å². The van der Waals surface area contributed by atoms with Crippen molar-refractivity contribution in [3.8, 4) is 0 Å². The first kappa shape index (κ1) is 39.0. The van der Waals surface area contributed by atoms with E-state index < -0.39 is 23.1 Å². The molecule has 0 aliphatic heterocycles. The van der Waals surface area contributed by atoms with Crippen molar-refractivity contribution in [3.63, 3.8) is 0 Å². The van der Waals surface area contributed by atoms with Gasteiger partial charge in [-0.25, -0.2) is 4.79 Å². The summed E-state index contributed by atoms with van der Waals surface area (Å²) >= 11 is 12.3. The zero-order valence-corrected chi connectivity index (χ0v) is 31.1. The van der Waals surface area contributed by atoms with Crippen molar-refractivity contribution in [1.82, 2.24) is 19.1 Å². The first-order chi connectivity index (χ1) is 25.9. The van der Waals surface area contributed by atoms with Gasteiger partial charge in [-0.2, -0.15) is 9.97 Å². The van der Waals surface area contributed by atoms with Crippen LogP contribution < -0.4 is 21.8 Å². The molecule has 2 aromatic heterocycles. The number of carbonyl (C=O) groups is 2. The fraction of sp³-hybridized carbons (Fsp3) is 0.150. The molecule has 0 unspecified atom stereocenters. The summed E-state index contributed by atoms with van der Waals surface area (Å²) in [7, 11) is 1.29. The average molecular weight is 768 g/mol. The van der Waals surface area contributed by atoms with Gasteiger partial charge in [-0.15, -0.1) is 0 Å². The molecule has 54 heavy (non-hydrogen) atoms. The van der Waals surface area contributed by atoms with Crippen molar-refractivity contribution in [1.29, 1.82) is 0 Å². The molecule has 4 aromatic carbocycles. The average Bonchev–Trinajstić information content (AvgIpc) is 3.16. The Morgan fingerprint density at radius 2 is 1.15 bits per heavy atom. The number of hydrogen-bond acceptors (Lipinski definition) is 9. The molecule has 12 nitrogen and oxygen atoms in total. The van der Waals surface area contributed by atoms with Crippen molar-refractivity contribution in [2.45, 2.75) is 33.4 Å². The maximum Gasteiger partial charge on any atom is 0.342 e. The topological polar surface area (TPSA) is 157 Å². The van der Waals surface area contributed by atoms with E-state index >= 15 is 0 Å². The van der Waals surface area contributed by atoms with Crippen LogP contribution in [0.2, 0.25) is 10.0 Å². The number of aromatic carboxylic acids is 1. The van der Waals surface area contributed by atoms with Gasteiger partial charge in [0.05, 0.1) is 26.6 Å². The summed E-state index contributed by atoms with van der Waals surface area (Å²) in [5, 5.41) is 16.7. The highest BCUT2D eigenvalue weighted by Crippen LogP contribution is 2.27. The van der Waals surface area contributed by atoms with E-state index in [9.17, 15) is 24.3 Å². The van der Waals surface area contributed by atoms with E-state index in [2.05, 4.69) is 25.3 Å². The van der Waals surface area contributed by atoms with E-state index in [1.807, 2.05) is 92.7 Å². The number of methoxy groups -OCH3 is 1. The van der Waals surface area contributed by atoms with Gasteiger partial charge in [0.15, 0.2) is 0 Å². The number of anilines is 4. The third-order valence-corrected chi connectivity index (χ3v) is 9.09. The van der Waals surface area contributed by atoms with Crippen LogP contribution in [-0.2, 0) is 29.0 Å². The lowest BCUT2D eigenvalue weighted by Crippen LogP contribution is -2.23. The van der Waals surface area contributed by atoms with Crippen LogP contribution in [0.15, 0.2) is 119 Å². The molecule has 0 radical (unpaired) electrons. The first-order valence-corrected chi connectivity index (χ1v) is 17.3. The lowest BCUT2D eigenvalue weighted by molar-refractivity contribution is -0.139. The number of esters is 1. The Balaban J connectivity index is 0.000000208. The molecular weight excluding hydrogens is 731 g/mol. The molecule has 0 aliphatic rings. The van der Waals surface area contributed by atoms with Crippen molar-refractivity contribution < 1.29 is 19.4 Å². The zero-order valence-electron chi connectivity index (χ0n) is 29.5. The molecule has 276 valence electrons. The smallest absolute Gasteiger partial charge is 0.342 e. The van der Waals surface area contributed by atoms with E-state index in [1.54, 1.807) is 33.5 Å². The normalized spacial score (nSPS) is 10.5. The Bertz CT molecular complexity index is 2400. The van der Waals surface area contributed by atoms with Gasteiger partial charge in [0.1, 0.15) is 5.56 Å². The van der Waals surface area contributed by atoms with Gasteiger partial charge in [0.2, 0.25) is 11.9 Å². The molecule has 0 spiro atoms. The van der Waals surface area contributed by atoms with Crippen LogP contribution in [0.5, 0.6) is 0 Å². The van der Waals surface area contributed by atoms with Gasteiger partial charge < -0.3 is 29.6 Å². The molecule has 0 atom stereocenters. The zero-order chi connectivity index (χ0) is 38.8. The lowest BCUT2D eigenvalue weighted by Gasteiger charge is -2.17. The quantitative estimate of drug-likeness (QED) is 0.114. The molecule has 0 fully saturated rings. The van der Waals surface area contributed by atoms with Crippen molar-refractivity contribution in [3.05, 3.63) is 174 Å². The molecule has 3 N–H and O–H groups in total. The highest BCUT2D eigenvalue weighted by molar-refractivity contribution is 6.32. The van der Waals surface area contributed by atoms with Crippen LogP contribution in [0.4, 0.5) is 23.3 Å². The standard InChI is InChI=1S/C21H20ClN3O3.C19H16ClN3O3/c1-14-17(22)9-6-10-18(14)23-21-24-20(27)16(11-19(26)28-2)13-25(21)12-15-7-4-3-5-8-15;1-12-15(20)8-5-9-16(12)21-19-22-17(24)14(18(25)26)11-23(19)10-13-6-3-2-4-7-13/h3-10,13H,11-12H2,1-2H3,(H,23,24,27);2-9,11H,10H2,1H3,(H,25,26)(H,21,22,24). The number of halogens is 2. The minimum absolute atomic E-state index is 0.131. The molecule has 0 bridgehead atoms. The molecule has 0 aliphatic carbocycles. The number of carboxylic acids is 1. The van der Waals surface area contributed by atoms with E-state index in [0.29, 0.717) is 34.8 Å². The van der Waals surface area contributed by atoms with Crippen LogP contribution in [0, 0.1) is 13.8 Å². The summed E-state index contributed by atoms with van der Waals surface area (Å²) in [6, 6.07) is 30.1. The molecule has 0 saturated carbocycles. The number of nitrogens with one attached hydrogen (secondary N) is 2. The molecule has 0 saturated heterocycles. The summed E-state index contributed by atoms with van der Waals surface area (Å²) < 4.78 is 8.08. The largest absolute Gasteiger partial charge is 0.477 e. The predicted octanol–water partition coefficient (Wildman–Crippen LogP) is 7.41.